The Bertz CT molecular complexity index is 602. The van der Waals surface area contributed by atoms with Crippen molar-refractivity contribution in [3.8, 4) is 5.75 Å². The molecular weight excluding hydrogens is 300 g/mol. The van der Waals surface area contributed by atoms with Gasteiger partial charge in [0, 0.05) is 12.8 Å². The van der Waals surface area contributed by atoms with Crippen molar-refractivity contribution in [1.82, 2.24) is 10.6 Å². The van der Waals surface area contributed by atoms with Gasteiger partial charge in [-0.15, -0.1) is 0 Å². The summed E-state index contributed by atoms with van der Waals surface area (Å²) in [5.74, 6) is -0.410. The zero-order valence-electron chi connectivity index (χ0n) is 13.1. The van der Waals surface area contributed by atoms with E-state index in [-0.39, 0.29) is 18.2 Å². The lowest BCUT2D eigenvalue weighted by atomic mass is 10.0. The van der Waals surface area contributed by atoms with Crippen molar-refractivity contribution in [1.29, 1.82) is 0 Å². The molecule has 1 aliphatic rings. The highest BCUT2D eigenvalue weighted by Crippen LogP contribution is 2.15. The third-order valence-electron chi connectivity index (χ3n) is 3.69. The van der Waals surface area contributed by atoms with Gasteiger partial charge in [0.15, 0.2) is 0 Å². The maximum atomic E-state index is 12.2. The number of carbonyl (C=O) groups is 3. The number of nitrogens with one attached hydrogen (secondary N) is 2. The van der Waals surface area contributed by atoms with E-state index in [4.69, 9.17) is 9.47 Å². The van der Waals surface area contributed by atoms with Gasteiger partial charge in [-0.2, -0.15) is 0 Å². The number of rotatable bonds is 6. The lowest BCUT2D eigenvalue weighted by Gasteiger charge is -2.19. The summed E-state index contributed by atoms with van der Waals surface area (Å²) < 4.78 is 9.90. The van der Waals surface area contributed by atoms with Crippen molar-refractivity contribution in [2.45, 2.75) is 31.3 Å². The molecule has 0 saturated carbocycles. The summed E-state index contributed by atoms with van der Waals surface area (Å²) in [5.41, 5.74) is 0.829. The number of ether oxygens (including phenoxy) is 2. The molecule has 2 amide bonds. The van der Waals surface area contributed by atoms with Crippen LogP contribution in [0.3, 0.4) is 0 Å². The van der Waals surface area contributed by atoms with Crippen molar-refractivity contribution < 1.29 is 23.9 Å². The van der Waals surface area contributed by atoms with E-state index in [1.54, 1.807) is 19.2 Å². The molecule has 7 nitrogen and oxygen atoms in total. The Labute approximate surface area is 134 Å². The van der Waals surface area contributed by atoms with Crippen LogP contribution in [0.25, 0.3) is 0 Å². The fraction of sp³-hybridized carbons (Fsp3) is 0.438. The molecule has 2 atom stereocenters. The summed E-state index contributed by atoms with van der Waals surface area (Å²) in [7, 11) is 2.83. The molecule has 23 heavy (non-hydrogen) atoms. The summed E-state index contributed by atoms with van der Waals surface area (Å²) in [6.07, 6.45) is 1.02. The summed E-state index contributed by atoms with van der Waals surface area (Å²) in [6, 6.07) is 5.81. The van der Waals surface area contributed by atoms with E-state index in [2.05, 4.69) is 10.6 Å². The predicted octanol–water partition coefficient (Wildman–Crippen LogP) is 0.174. The Morgan fingerprint density at radius 3 is 2.78 bits per heavy atom. The summed E-state index contributed by atoms with van der Waals surface area (Å²) >= 11 is 0. The van der Waals surface area contributed by atoms with Gasteiger partial charge < -0.3 is 20.1 Å². The Morgan fingerprint density at radius 1 is 1.39 bits per heavy atom. The molecule has 1 saturated heterocycles. The van der Waals surface area contributed by atoms with E-state index >= 15 is 0 Å². The fourth-order valence-electron chi connectivity index (χ4n) is 2.45. The largest absolute Gasteiger partial charge is 0.497 e. The van der Waals surface area contributed by atoms with Crippen LogP contribution >= 0.6 is 0 Å². The second-order valence-corrected chi connectivity index (χ2v) is 5.30. The minimum atomic E-state index is -0.822. The van der Waals surface area contributed by atoms with E-state index in [1.807, 2.05) is 12.1 Å². The summed E-state index contributed by atoms with van der Waals surface area (Å²) in [5, 5.41) is 5.22. The number of hydrogen-bond donors (Lipinski definition) is 2. The fourth-order valence-corrected chi connectivity index (χ4v) is 2.45. The van der Waals surface area contributed by atoms with Crippen molar-refractivity contribution in [3.05, 3.63) is 29.8 Å². The van der Waals surface area contributed by atoms with Gasteiger partial charge in [0.05, 0.1) is 14.2 Å². The molecule has 1 heterocycles. The Hall–Kier alpha value is -2.57. The lowest BCUT2D eigenvalue weighted by molar-refractivity contribution is -0.145. The van der Waals surface area contributed by atoms with Crippen LogP contribution < -0.4 is 15.4 Å². The zero-order chi connectivity index (χ0) is 16.8. The number of methoxy groups -OCH3 is 2. The summed E-state index contributed by atoms with van der Waals surface area (Å²) in [6.45, 7) is 0. The van der Waals surface area contributed by atoms with Gasteiger partial charge in [-0.25, -0.2) is 4.79 Å². The molecule has 0 aliphatic carbocycles. The van der Waals surface area contributed by atoms with Gasteiger partial charge in [0.1, 0.15) is 17.8 Å². The van der Waals surface area contributed by atoms with Gasteiger partial charge in [0.25, 0.3) is 0 Å². The van der Waals surface area contributed by atoms with Gasteiger partial charge >= 0.3 is 5.97 Å². The number of amides is 2. The monoisotopic (exact) mass is 320 g/mol. The Kier molecular flexibility index (Phi) is 5.56. The molecule has 1 aliphatic heterocycles. The lowest BCUT2D eigenvalue weighted by Crippen LogP contribution is -2.49. The molecule has 0 aromatic heterocycles. The minimum absolute atomic E-state index is 0.160. The van der Waals surface area contributed by atoms with Gasteiger partial charge in [0.2, 0.25) is 11.8 Å². The molecule has 1 fully saturated rings. The van der Waals surface area contributed by atoms with E-state index in [1.165, 1.54) is 7.11 Å². The molecule has 124 valence electrons. The van der Waals surface area contributed by atoms with Crippen LogP contribution in [0.1, 0.15) is 18.4 Å². The van der Waals surface area contributed by atoms with E-state index in [0.717, 1.165) is 5.56 Å². The van der Waals surface area contributed by atoms with Crippen LogP contribution in [0.15, 0.2) is 24.3 Å². The number of benzene rings is 1. The average Bonchev–Trinajstić information content (AvgIpc) is 3.00. The maximum Gasteiger partial charge on any atom is 0.328 e. The smallest absolute Gasteiger partial charge is 0.328 e. The van der Waals surface area contributed by atoms with Crippen molar-refractivity contribution in [2.24, 2.45) is 0 Å². The van der Waals surface area contributed by atoms with Crippen LogP contribution in [0.4, 0.5) is 0 Å². The van der Waals surface area contributed by atoms with Crippen LogP contribution in [-0.4, -0.2) is 44.1 Å². The molecule has 0 radical (unpaired) electrons. The van der Waals surface area contributed by atoms with E-state index in [9.17, 15) is 14.4 Å². The molecule has 2 rings (SSSR count). The first-order valence-corrected chi connectivity index (χ1v) is 7.34. The van der Waals surface area contributed by atoms with Crippen LogP contribution in [-0.2, 0) is 25.5 Å². The third-order valence-corrected chi connectivity index (χ3v) is 3.69. The molecule has 1 aromatic carbocycles. The first kappa shape index (κ1) is 16.8. The van der Waals surface area contributed by atoms with Crippen molar-refractivity contribution in [3.63, 3.8) is 0 Å². The molecule has 7 heteroatoms. The zero-order valence-corrected chi connectivity index (χ0v) is 13.1. The number of esters is 1. The van der Waals surface area contributed by atoms with Gasteiger partial charge in [-0.05, 0) is 24.1 Å². The first-order chi connectivity index (χ1) is 11.0. The molecule has 1 aromatic rings. The Balaban J connectivity index is 2.06. The second kappa shape index (κ2) is 7.62. The average molecular weight is 320 g/mol. The second-order valence-electron chi connectivity index (χ2n) is 5.30. The van der Waals surface area contributed by atoms with Gasteiger partial charge in [-0.3, -0.25) is 9.59 Å². The highest BCUT2D eigenvalue weighted by atomic mass is 16.5. The Morgan fingerprint density at radius 2 is 2.17 bits per heavy atom. The number of carbonyl (C=O) groups excluding carboxylic acids is 3. The topological polar surface area (TPSA) is 93.7 Å². The quantitative estimate of drug-likeness (QED) is 0.729. The van der Waals surface area contributed by atoms with Crippen LogP contribution in [0, 0.1) is 0 Å². The predicted molar refractivity (Wildman–Crippen MR) is 81.8 cm³/mol. The maximum absolute atomic E-state index is 12.2. The van der Waals surface area contributed by atoms with Crippen LogP contribution in [0.2, 0.25) is 0 Å². The highest BCUT2D eigenvalue weighted by Gasteiger charge is 2.30. The standard InChI is InChI=1S/C16H20N2O5/c1-22-11-5-3-4-10(8-11)9-13(16(21)23-2)18-15(20)12-6-7-14(19)17-12/h3-5,8,12-13H,6-7,9H2,1-2H3,(H,17,19)(H,18,20)/t12-,13-/m1/s1. The molecule has 0 spiro atoms. The molecular formula is C16H20N2O5. The normalized spacial score (nSPS) is 18.0. The third kappa shape index (κ3) is 4.45. The highest BCUT2D eigenvalue weighted by molar-refractivity contribution is 5.93. The number of hydrogen-bond acceptors (Lipinski definition) is 5. The van der Waals surface area contributed by atoms with Crippen LogP contribution in [0.5, 0.6) is 5.75 Å². The SMILES string of the molecule is COC(=O)[C@@H](Cc1cccc(OC)c1)NC(=O)[C@H]1CCC(=O)N1. The van der Waals surface area contributed by atoms with Crippen molar-refractivity contribution in [2.75, 3.05) is 14.2 Å². The van der Waals surface area contributed by atoms with E-state index < -0.39 is 18.1 Å². The van der Waals surface area contributed by atoms with Crippen molar-refractivity contribution >= 4 is 17.8 Å². The van der Waals surface area contributed by atoms with Gasteiger partial charge in [-0.1, -0.05) is 12.1 Å². The molecule has 2 N–H and O–H groups in total. The summed E-state index contributed by atoms with van der Waals surface area (Å²) in [4.78, 5) is 35.3. The minimum Gasteiger partial charge on any atom is -0.497 e. The molecule has 0 bridgehead atoms. The van der Waals surface area contributed by atoms with E-state index in [0.29, 0.717) is 18.6 Å². The molecule has 0 unspecified atom stereocenters. The first-order valence-electron chi connectivity index (χ1n) is 7.34.